The quantitative estimate of drug-likeness (QED) is 0.490. The summed E-state index contributed by atoms with van der Waals surface area (Å²) < 4.78 is 42.1. The number of sulfonamides is 1. The van der Waals surface area contributed by atoms with Crippen LogP contribution in [0.15, 0.2) is 53.3 Å². The van der Waals surface area contributed by atoms with Gasteiger partial charge in [-0.1, -0.05) is 30.0 Å². The van der Waals surface area contributed by atoms with E-state index in [4.69, 9.17) is 0 Å². The normalized spacial score (nSPS) is 15.5. The summed E-state index contributed by atoms with van der Waals surface area (Å²) in [5.74, 6) is -0.710. The summed E-state index contributed by atoms with van der Waals surface area (Å²) in [6, 6.07) is 5.30. The summed E-state index contributed by atoms with van der Waals surface area (Å²) in [6.07, 6.45) is 3.28. The van der Waals surface area contributed by atoms with Crippen LogP contribution in [0.4, 0.5) is 4.39 Å². The largest absolute Gasteiger partial charge is 0.339 e. The van der Waals surface area contributed by atoms with Crippen LogP contribution in [0.5, 0.6) is 0 Å². The number of halogens is 1. The third-order valence-corrected chi connectivity index (χ3v) is 7.17. The van der Waals surface area contributed by atoms with Gasteiger partial charge in [0.25, 0.3) is 0 Å². The zero-order chi connectivity index (χ0) is 20.1. The SMILES string of the molecule is C=CCn1cnnc1SCC(=O)N1CCN(S(=O)(=O)c2ccccc2F)CC1. The number of thioether (sulfide) groups is 1. The van der Waals surface area contributed by atoms with Gasteiger partial charge in [-0.05, 0) is 12.1 Å². The van der Waals surface area contributed by atoms with Gasteiger partial charge in [0, 0.05) is 32.7 Å². The Kier molecular flexibility index (Phi) is 6.47. The number of carbonyl (C=O) groups is 1. The lowest BCUT2D eigenvalue weighted by atomic mass is 10.3. The highest BCUT2D eigenvalue weighted by Crippen LogP contribution is 2.21. The lowest BCUT2D eigenvalue weighted by molar-refractivity contribution is -0.129. The van der Waals surface area contributed by atoms with Crippen molar-refractivity contribution in [1.82, 2.24) is 24.0 Å². The van der Waals surface area contributed by atoms with E-state index < -0.39 is 15.8 Å². The second kappa shape index (κ2) is 8.84. The predicted molar refractivity (Wildman–Crippen MR) is 103 cm³/mol. The molecule has 0 N–H and O–H groups in total. The molecule has 1 aromatic heterocycles. The van der Waals surface area contributed by atoms with Crippen molar-refractivity contribution in [2.24, 2.45) is 0 Å². The van der Waals surface area contributed by atoms with Gasteiger partial charge in [-0.2, -0.15) is 4.31 Å². The number of benzene rings is 1. The predicted octanol–water partition coefficient (Wildman–Crippen LogP) is 1.23. The number of carbonyl (C=O) groups excluding carboxylic acids is 1. The lowest BCUT2D eigenvalue weighted by Gasteiger charge is -2.34. The minimum Gasteiger partial charge on any atom is -0.339 e. The molecular formula is C17H20FN5O3S2. The van der Waals surface area contributed by atoms with Gasteiger partial charge in [0.2, 0.25) is 15.9 Å². The smallest absolute Gasteiger partial charge is 0.246 e. The van der Waals surface area contributed by atoms with E-state index in [1.54, 1.807) is 21.9 Å². The molecule has 0 bridgehead atoms. The first kappa shape index (κ1) is 20.5. The average molecular weight is 426 g/mol. The van der Waals surface area contributed by atoms with E-state index in [1.165, 1.54) is 34.3 Å². The number of aromatic nitrogens is 3. The average Bonchev–Trinajstić information content (AvgIpc) is 3.14. The van der Waals surface area contributed by atoms with Crippen LogP contribution < -0.4 is 0 Å². The molecule has 28 heavy (non-hydrogen) atoms. The van der Waals surface area contributed by atoms with Crippen molar-refractivity contribution in [3.05, 3.63) is 49.1 Å². The molecule has 8 nitrogen and oxygen atoms in total. The van der Waals surface area contributed by atoms with Crippen molar-refractivity contribution in [3.8, 4) is 0 Å². The molecule has 1 amide bonds. The highest BCUT2D eigenvalue weighted by Gasteiger charge is 2.31. The zero-order valence-corrected chi connectivity index (χ0v) is 16.7. The molecule has 1 saturated heterocycles. The maximum Gasteiger partial charge on any atom is 0.246 e. The fraction of sp³-hybridized carbons (Fsp3) is 0.353. The first-order chi connectivity index (χ1) is 13.4. The third kappa shape index (κ3) is 4.42. The van der Waals surface area contributed by atoms with Crippen LogP contribution in [0, 0.1) is 5.82 Å². The van der Waals surface area contributed by atoms with Crippen molar-refractivity contribution in [2.45, 2.75) is 16.6 Å². The number of hydrogen-bond donors (Lipinski definition) is 0. The van der Waals surface area contributed by atoms with E-state index in [0.717, 1.165) is 6.07 Å². The second-order valence-corrected chi connectivity index (χ2v) is 8.91. The summed E-state index contributed by atoms with van der Waals surface area (Å²) >= 11 is 1.27. The fourth-order valence-electron chi connectivity index (χ4n) is 2.81. The molecule has 0 atom stereocenters. The van der Waals surface area contributed by atoms with Crippen LogP contribution in [0.3, 0.4) is 0 Å². The Balaban J connectivity index is 1.56. The van der Waals surface area contributed by atoms with Crippen molar-refractivity contribution in [2.75, 3.05) is 31.9 Å². The first-order valence-corrected chi connectivity index (χ1v) is 11.0. The Bertz CT molecular complexity index is 955. The van der Waals surface area contributed by atoms with Gasteiger partial charge in [0.15, 0.2) is 5.16 Å². The number of rotatable bonds is 7. The van der Waals surface area contributed by atoms with Gasteiger partial charge < -0.3 is 9.47 Å². The highest BCUT2D eigenvalue weighted by atomic mass is 32.2. The molecule has 1 aliphatic heterocycles. The molecule has 2 aromatic rings. The summed E-state index contributed by atoms with van der Waals surface area (Å²) in [4.78, 5) is 13.7. The molecule has 1 aliphatic rings. The Morgan fingerprint density at radius 2 is 1.96 bits per heavy atom. The van der Waals surface area contributed by atoms with Crippen molar-refractivity contribution >= 4 is 27.7 Å². The molecule has 0 radical (unpaired) electrons. The minimum absolute atomic E-state index is 0.110. The van der Waals surface area contributed by atoms with Crippen molar-refractivity contribution in [1.29, 1.82) is 0 Å². The fourth-order valence-corrected chi connectivity index (χ4v) is 5.12. The number of hydrogen-bond acceptors (Lipinski definition) is 6. The maximum atomic E-state index is 13.9. The van der Waals surface area contributed by atoms with Gasteiger partial charge in [0.05, 0.1) is 5.75 Å². The zero-order valence-electron chi connectivity index (χ0n) is 15.1. The van der Waals surface area contributed by atoms with Crippen LogP contribution in [0.2, 0.25) is 0 Å². The van der Waals surface area contributed by atoms with Crippen molar-refractivity contribution < 1.29 is 17.6 Å². The minimum atomic E-state index is -3.92. The van der Waals surface area contributed by atoms with E-state index in [9.17, 15) is 17.6 Å². The van der Waals surface area contributed by atoms with E-state index in [0.29, 0.717) is 11.7 Å². The second-order valence-electron chi connectivity index (χ2n) is 6.06. The third-order valence-electron chi connectivity index (χ3n) is 4.28. The first-order valence-electron chi connectivity index (χ1n) is 8.57. The molecule has 3 rings (SSSR count). The van der Waals surface area contributed by atoms with Gasteiger partial charge in [0.1, 0.15) is 17.0 Å². The van der Waals surface area contributed by atoms with E-state index in [2.05, 4.69) is 16.8 Å². The monoisotopic (exact) mass is 425 g/mol. The van der Waals surface area contributed by atoms with E-state index in [1.807, 2.05) is 0 Å². The van der Waals surface area contributed by atoms with Gasteiger partial charge >= 0.3 is 0 Å². The highest BCUT2D eigenvalue weighted by molar-refractivity contribution is 7.99. The Morgan fingerprint density at radius 1 is 1.25 bits per heavy atom. The number of piperazine rings is 1. The van der Waals surface area contributed by atoms with Crippen LogP contribution in [0.25, 0.3) is 0 Å². The Morgan fingerprint density at radius 3 is 2.64 bits per heavy atom. The molecule has 1 aromatic carbocycles. The summed E-state index contributed by atoms with van der Waals surface area (Å²) in [5.41, 5.74) is 0. The number of amides is 1. The van der Waals surface area contributed by atoms with E-state index in [-0.39, 0.29) is 42.7 Å². The summed E-state index contributed by atoms with van der Waals surface area (Å²) in [5, 5.41) is 8.41. The molecule has 150 valence electrons. The summed E-state index contributed by atoms with van der Waals surface area (Å²) in [6.45, 7) is 4.98. The van der Waals surface area contributed by atoms with Crippen LogP contribution in [-0.2, 0) is 21.4 Å². The molecular weight excluding hydrogens is 405 g/mol. The molecule has 11 heteroatoms. The molecule has 2 heterocycles. The number of nitrogens with zero attached hydrogens (tertiary/aromatic N) is 5. The van der Waals surface area contributed by atoms with Gasteiger partial charge in [-0.15, -0.1) is 16.8 Å². The van der Waals surface area contributed by atoms with E-state index >= 15 is 0 Å². The van der Waals surface area contributed by atoms with Gasteiger partial charge in [-0.3, -0.25) is 4.79 Å². The molecule has 0 aliphatic carbocycles. The van der Waals surface area contributed by atoms with Gasteiger partial charge in [-0.25, -0.2) is 12.8 Å². The van der Waals surface area contributed by atoms with Crippen LogP contribution >= 0.6 is 11.8 Å². The summed E-state index contributed by atoms with van der Waals surface area (Å²) in [7, 11) is -3.92. The lowest BCUT2D eigenvalue weighted by Crippen LogP contribution is -2.51. The van der Waals surface area contributed by atoms with Crippen LogP contribution in [-0.4, -0.2) is 70.2 Å². The van der Waals surface area contributed by atoms with Crippen molar-refractivity contribution in [3.63, 3.8) is 0 Å². The molecule has 0 spiro atoms. The number of allylic oxidation sites excluding steroid dienone is 1. The topological polar surface area (TPSA) is 88.4 Å². The Hall–Kier alpha value is -2.24. The molecule has 1 fully saturated rings. The standard InChI is InChI=1S/C17H20FN5O3S2/c1-2-7-22-13-19-20-17(22)27-12-16(24)21-8-10-23(11-9-21)28(25,26)15-6-4-3-5-14(15)18/h2-6,13H,1,7-12H2. The molecule has 0 unspecified atom stereocenters. The van der Waals surface area contributed by atoms with Crippen LogP contribution in [0.1, 0.15) is 0 Å². The maximum absolute atomic E-state index is 13.9. The Labute approximate surface area is 167 Å². The molecule has 0 saturated carbocycles.